The lowest BCUT2D eigenvalue weighted by Gasteiger charge is -2.26. The topological polar surface area (TPSA) is 8.17 Å². The highest BCUT2D eigenvalue weighted by molar-refractivity contribution is 6.10. The van der Waals surface area contributed by atoms with Crippen LogP contribution in [0.5, 0.6) is 0 Å². The molecule has 0 radical (unpaired) electrons. The van der Waals surface area contributed by atoms with Crippen molar-refractivity contribution in [1.82, 2.24) is 4.57 Å². The third kappa shape index (κ3) is 5.43. The van der Waals surface area contributed by atoms with Crippen molar-refractivity contribution in [3.63, 3.8) is 0 Å². The van der Waals surface area contributed by atoms with Gasteiger partial charge in [0.15, 0.2) is 0 Å². The van der Waals surface area contributed by atoms with Gasteiger partial charge in [-0.25, -0.2) is 0 Å². The van der Waals surface area contributed by atoms with Gasteiger partial charge in [-0.05, 0) is 100 Å². The van der Waals surface area contributed by atoms with Crippen molar-refractivity contribution < 1.29 is 1.43 Å². The first-order chi connectivity index (χ1) is 24.8. The monoisotopic (exact) mass is 640 g/mol. The Hall–Kier alpha value is -6.64. The quantitative estimate of drug-likeness (QED) is 0.168. The van der Waals surface area contributed by atoms with Crippen molar-refractivity contribution in [2.75, 3.05) is 4.90 Å². The molecule has 0 fully saturated rings. The second kappa shape index (κ2) is 12.8. The first kappa shape index (κ1) is 29.5. The summed E-state index contributed by atoms with van der Waals surface area (Å²) in [6.45, 7) is 0. The summed E-state index contributed by atoms with van der Waals surface area (Å²) in [5.41, 5.74) is 14.1. The highest BCUT2D eigenvalue weighted by Gasteiger charge is 2.16. The Labute approximate surface area is 294 Å². The van der Waals surface area contributed by atoms with E-state index in [4.69, 9.17) is 0 Å². The largest absolute Gasteiger partial charge is 0.311 e. The van der Waals surface area contributed by atoms with Gasteiger partial charge in [-0.1, -0.05) is 140 Å². The Kier molecular flexibility index (Phi) is 7.53. The van der Waals surface area contributed by atoms with E-state index in [1.165, 1.54) is 60.9 Å². The van der Waals surface area contributed by atoms with Gasteiger partial charge in [-0.15, -0.1) is 0 Å². The minimum atomic E-state index is 0. The average molecular weight is 641 g/mol. The number of hydrogen-bond acceptors (Lipinski definition) is 1. The number of rotatable bonds is 7. The zero-order chi connectivity index (χ0) is 33.3. The van der Waals surface area contributed by atoms with Crippen LogP contribution in [0.2, 0.25) is 0 Å². The first-order valence-corrected chi connectivity index (χ1v) is 17.1. The molecule has 0 saturated carbocycles. The molecule has 0 aliphatic carbocycles. The molecule has 0 atom stereocenters. The van der Waals surface area contributed by atoms with Gasteiger partial charge >= 0.3 is 0 Å². The number of anilines is 3. The number of para-hydroxylation sites is 2. The molecule has 0 bridgehead atoms. The van der Waals surface area contributed by atoms with Gasteiger partial charge in [0, 0.05) is 34.9 Å². The van der Waals surface area contributed by atoms with Crippen LogP contribution in [-0.4, -0.2) is 4.57 Å². The molecule has 8 aromatic carbocycles. The second-order valence-electron chi connectivity index (χ2n) is 12.6. The molecule has 0 amide bonds. The van der Waals surface area contributed by atoms with Crippen LogP contribution in [0.15, 0.2) is 206 Å². The number of aromatic nitrogens is 1. The summed E-state index contributed by atoms with van der Waals surface area (Å²) in [5, 5.41) is 2.51. The molecule has 0 spiro atoms. The maximum absolute atomic E-state index is 2.36. The van der Waals surface area contributed by atoms with Crippen molar-refractivity contribution in [1.29, 1.82) is 0 Å². The third-order valence-corrected chi connectivity index (χ3v) is 9.61. The van der Waals surface area contributed by atoms with E-state index in [2.05, 4.69) is 216 Å². The Morgan fingerprint density at radius 2 is 0.680 bits per heavy atom. The van der Waals surface area contributed by atoms with E-state index in [1.807, 2.05) is 0 Å². The van der Waals surface area contributed by atoms with Crippen LogP contribution in [-0.2, 0) is 0 Å². The average Bonchev–Trinajstić information content (AvgIpc) is 3.53. The molecule has 0 aliphatic heterocycles. The maximum Gasteiger partial charge on any atom is 0.0541 e. The lowest BCUT2D eigenvalue weighted by atomic mass is 10.0. The summed E-state index contributed by atoms with van der Waals surface area (Å²) in [5.74, 6) is 0. The lowest BCUT2D eigenvalue weighted by molar-refractivity contribution is 1.18. The molecule has 0 unspecified atom stereocenters. The SMILES string of the molecule is [HH].c1ccc(-c2ccc(N(c3ccc(-c4ccccc4)cc3)c3ccc(-c4ccc5c(c4)c4ccccc4n5-c4ccccc4)cc3)cc2)cc1. The van der Waals surface area contributed by atoms with Gasteiger partial charge in [-0.2, -0.15) is 0 Å². The molecule has 2 heteroatoms. The number of nitrogens with zero attached hydrogens (tertiary/aromatic N) is 2. The van der Waals surface area contributed by atoms with Gasteiger partial charge < -0.3 is 9.47 Å². The predicted octanol–water partition coefficient (Wildman–Crippen LogP) is 13.5. The molecular weight excluding hydrogens is 605 g/mol. The fraction of sp³-hybridized carbons (Fsp3) is 0. The highest BCUT2D eigenvalue weighted by atomic mass is 15.1. The van der Waals surface area contributed by atoms with Gasteiger partial charge in [0.05, 0.1) is 11.0 Å². The van der Waals surface area contributed by atoms with Crippen LogP contribution in [0, 0.1) is 0 Å². The molecule has 9 aromatic rings. The predicted molar refractivity (Wildman–Crippen MR) is 214 cm³/mol. The smallest absolute Gasteiger partial charge is 0.0541 e. The van der Waals surface area contributed by atoms with E-state index in [0.29, 0.717) is 0 Å². The fourth-order valence-corrected chi connectivity index (χ4v) is 7.12. The lowest BCUT2D eigenvalue weighted by Crippen LogP contribution is -2.09. The maximum atomic E-state index is 2.36. The zero-order valence-corrected chi connectivity index (χ0v) is 27.5. The van der Waals surface area contributed by atoms with Crippen LogP contribution in [0.1, 0.15) is 1.43 Å². The molecule has 50 heavy (non-hydrogen) atoms. The molecule has 238 valence electrons. The Balaban J connectivity index is 0.00000374. The first-order valence-electron chi connectivity index (χ1n) is 17.1. The highest BCUT2D eigenvalue weighted by Crippen LogP contribution is 2.39. The third-order valence-electron chi connectivity index (χ3n) is 9.61. The summed E-state index contributed by atoms with van der Waals surface area (Å²) < 4.78 is 2.36. The standard InChI is InChI=1S/C48H34N2.H2/c1-4-12-35(13-5-1)37-20-27-42(28-21-37)49(43-29-22-38(23-30-43)36-14-6-2-7-15-36)44-31-24-39(25-32-44)40-26-33-48-46(34-40)45-18-10-11-19-47(45)50(48)41-16-8-3-9-17-41;/h1-34H;1H. The molecule has 1 aromatic heterocycles. The summed E-state index contributed by atoms with van der Waals surface area (Å²) in [4.78, 5) is 2.34. The van der Waals surface area contributed by atoms with Crippen molar-refractivity contribution in [3.05, 3.63) is 206 Å². The van der Waals surface area contributed by atoms with Crippen molar-refractivity contribution in [2.45, 2.75) is 0 Å². The molecule has 9 rings (SSSR count). The Bertz CT molecular complexity index is 2460. The van der Waals surface area contributed by atoms with Gasteiger partial charge in [0.25, 0.3) is 0 Å². The molecule has 0 N–H and O–H groups in total. The van der Waals surface area contributed by atoms with E-state index in [0.717, 1.165) is 17.1 Å². The van der Waals surface area contributed by atoms with E-state index in [-0.39, 0.29) is 1.43 Å². The fourth-order valence-electron chi connectivity index (χ4n) is 7.12. The van der Waals surface area contributed by atoms with Crippen LogP contribution < -0.4 is 4.90 Å². The number of benzene rings is 8. The molecular formula is C48H36N2. The van der Waals surface area contributed by atoms with E-state index in [1.54, 1.807) is 0 Å². The minimum absolute atomic E-state index is 0. The van der Waals surface area contributed by atoms with Crippen molar-refractivity contribution in [3.8, 4) is 39.1 Å². The second-order valence-corrected chi connectivity index (χ2v) is 12.6. The van der Waals surface area contributed by atoms with E-state index < -0.39 is 0 Å². The normalized spacial score (nSPS) is 11.2. The number of fused-ring (bicyclic) bond motifs is 3. The molecule has 1 heterocycles. The summed E-state index contributed by atoms with van der Waals surface area (Å²) >= 11 is 0. The minimum Gasteiger partial charge on any atom is -0.311 e. The van der Waals surface area contributed by atoms with Crippen LogP contribution in [0.3, 0.4) is 0 Å². The summed E-state index contributed by atoms with van der Waals surface area (Å²) in [7, 11) is 0. The van der Waals surface area contributed by atoms with Crippen molar-refractivity contribution in [2.24, 2.45) is 0 Å². The molecule has 0 aliphatic rings. The van der Waals surface area contributed by atoms with E-state index in [9.17, 15) is 0 Å². The Morgan fingerprint density at radius 1 is 0.300 bits per heavy atom. The van der Waals surface area contributed by atoms with E-state index >= 15 is 0 Å². The van der Waals surface area contributed by atoms with Crippen LogP contribution in [0.4, 0.5) is 17.1 Å². The summed E-state index contributed by atoms with van der Waals surface area (Å²) in [6, 6.07) is 74.0. The van der Waals surface area contributed by atoms with Crippen LogP contribution >= 0.6 is 0 Å². The molecule has 0 saturated heterocycles. The van der Waals surface area contributed by atoms with Gasteiger partial charge in [0.1, 0.15) is 0 Å². The van der Waals surface area contributed by atoms with Crippen molar-refractivity contribution >= 4 is 38.9 Å². The summed E-state index contributed by atoms with van der Waals surface area (Å²) in [6.07, 6.45) is 0. The number of hydrogen-bond donors (Lipinski definition) is 0. The van der Waals surface area contributed by atoms with Gasteiger partial charge in [-0.3, -0.25) is 0 Å². The Morgan fingerprint density at radius 3 is 1.20 bits per heavy atom. The molecule has 2 nitrogen and oxygen atoms in total. The zero-order valence-electron chi connectivity index (χ0n) is 27.5. The van der Waals surface area contributed by atoms with Gasteiger partial charge in [0.2, 0.25) is 0 Å². The van der Waals surface area contributed by atoms with Crippen LogP contribution in [0.25, 0.3) is 60.9 Å².